The van der Waals surface area contributed by atoms with Crippen molar-refractivity contribution in [1.29, 1.82) is 0 Å². The minimum atomic E-state index is -3.36. The Balaban J connectivity index is 2.21. The molecule has 0 atom stereocenters. The van der Waals surface area contributed by atoms with Gasteiger partial charge in [0, 0.05) is 13.1 Å². The van der Waals surface area contributed by atoms with Gasteiger partial charge in [-0.05, 0) is 11.1 Å². The Hall–Kier alpha value is -0.980. The molecule has 6 heteroatoms. The zero-order valence-electron chi connectivity index (χ0n) is 8.59. The molecule has 2 N–H and O–H groups in total. The quantitative estimate of drug-likeness (QED) is 0.805. The summed E-state index contributed by atoms with van der Waals surface area (Å²) in [6.45, 7) is 0.836. The van der Waals surface area contributed by atoms with Crippen molar-refractivity contribution in [2.24, 2.45) is 5.73 Å². The van der Waals surface area contributed by atoms with Crippen LogP contribution in [0.1, 0.15) is 11.1 Å². The van der Waals surface area contributed by atoms with Gasteiger partial charge in [0.1, 0.15) is 5.75 Å². The molecule has 4 nitrogen and oxygen atoms in total. The lowest BCUT2D eigenvalue weighted by molar-refractivity contribution is 0.434. The third-order valence-electron chi connectivity index (χ3n) is 2.53. The summed E-state index contributed by atoms with van der Waals surface area (Å²) in [5.74, 6) is -0.254. The average molecular weight is 256 g/mol. The summed E-state index contributed by atoms with van der Waals surface area (Å²) in [6.07, 6.45) is 0. The van der Waals surface area contributed by atoms with Crippen LogP contribution in [0.2, 0.25) is 0 Å². The fourth-order valence-corrected chi connectivity index (χ4v) is 3.43. The Kier molecular flexibility index (Phi) is 2.96. The number of benzene rings is 1. The van der Waals surface area contributed by atoms with Crippen LogP contribution in [0.15, 0.2) is 24.3 Å². The molecule has 0 spiro atoms. The highest BCUT2D eigenvalue weighted by atomic mass is 32.2. The lowest BCUT2D eigenvalue weighted by Crippen LogP contribution is -2.33. The van der Waals surface area contributed by atoms with Crippen LogP contribution in [0.3, 0.4) is 0 Å². The van der Waals surface area contributed by atoms with Crippen molar-refractivity contribution in [3.8, 4) is 0 Å². The van der Waals surface area contributed by atoms with Crippen LogP contribution in [0.4, 0.5) is 0 Å². The molecule has 1 aromatic rings. The number of hydrogen-bond donors (Lipinski definition) is 1. The Morgan fingerprint density at radius 3 is 2.25 bits per heavy atom. The maximum atomic E-state index is 11.9. The first-order valence-electron chi connectivity index (χ1n) is 4.82. The largest absolute Gasteiger partial charge is 0.392 e. The second-order valence-corrected chi connectivity index (χ2v) is 6.25. The molecular weight excluding hydrogens is 244 g/mol. The van der Waals surface area contributed by atoms with Gasteiger partial charge in [0.25, 0.3) is 0 Å². The Bertz CT molecular complexity index is 500. The number of sulfonamides is 1. The highest BCUT2D eigenvalue weighted by Gasteiger charge is 2.28. The number of fused-ring (bicyclic) bond motifs is 1. The Morgan fingerprint density at radius 2 is 1.81 bits per heavy atom. The summed E-state index contributed by atoms with van der Waals surface area (Å²) in [5.41, 5.74) is 7.38. The number of nitrogens with two attached hydrogens (primary N) is 1. The van der Waals surface area contributed by atoms with Crippen LogP contribution in [-0.2, 0) is 23.1 Å². The van der Waals surface area contributed by atoms with Crippen LogP contribution in [0.25, 0.3) is 0 Å². The minimum absolute atomic E-state index is 0.0101. The predicted molar refractivity (Wildman–Crippen MR) is 66.3 cm³/mol. The van der Waals surface area contributed by atoms with Gasteiger partial charge in [-0.25, -0.2) is 8.42 Å². The first kappa shape index (κ1) is 11.5. The lowest BCUT2D eigenvalue weighted by Gasteiger charge is -2.14. The van der Waals surface area contributed by atoms with E-state index >= 15 is 0 Å². The fraction of sp³-hybridized carbons (Fsp3) is 0.300. The van der Waals surface area contributed by atoms with Gasteiger partial charge in [0.15, 0.2) is 0 Å². The van der Waals surface area contributed by atoms with E-state index in [0.29, 0.717) is 13.1 Å². The molecule has 0 radical (unpaired) electrons. The van der Waals surface area contributed by atoms with E-state index in [2.05, 4.69) is 12.2 Å². The third kappa shape index (κ3) is 2.23. The van der Waals surface area contributed by atoms with E-state index in [0.717, 1.165) is 11.1 Å². The highest BCUT2D eigenvalue weighted by Crippen LogP contribution is 2.24. The molecule has 0 fully saturated rings. The molecular formula is C10H12N2O2S2. The number of rotatable bonds is 3. The highest BCUT2D eigenvalue weighted by molar-refractivity contribution is 7.92. The molecule has 86 valence electrons. The molecule has 2 rings (SSSR count). The minimum Gasteiger partial charge on any atom is -0.392 e. The summed E-state index contributed by atoms with van der Waals surface area (Å²) in [4.78, 5) is 0.0101. The Morgan fingerprint density at radius 1 is 1.31 bits per heavy atom. The van der Waals surface area contributed by atoms with Crippen molar-refractivity contribution in [2.75, 3.05) is 5.75 Å². The zero-order chi connectivity index (χ0) is 11.8. The molecule has 1 aliphatic rings. The van der Waals surface area contributed by atoms with Crippen LogP contribution >= 0.6 is 12.2 Å². The summed E-state index contributed by atoms with van der Waals surface area (Å²) < 4.78 is 25.2. The van der Waals surface area contributed by atoms with Gasteiger partial charge in [-0.15, -0.1) is 0 Å². The lowest BCUT2D eigenvalue weighted by atomic mass is 10.1. The normalized spacial score (nSPS) is 16.0. The van der Waals surface area contributed by atoms with Crippen molar-refractivity contribution in [3.63, 3.8) is 0 Å². The summed E-state index contributed by atoms with van der Waals surface area (Å²) in [7, 11) is -3.36. The van der Waals surface area contributed by atoms with Gasteiger partial charge in [-0.1, -0.05) is 36.5 Å². The monoisotopic (exact) mass is 256 g/mol. The molecule has 1 heterocycles. The van der Waals surface area contributed by atoms with Crippen molar-refractivity contribution < 1.29 is 8.42 Å². The SMILES string of the molecule is NC(=S)CS(=O)(=O)N1Cc2ccccc2C1. The van der Waals surface area contributed by atoms with Crippen LogP contribution in [-0.4, -0.2) is 23.5 Å². The molecule has 0 aromatic heterocycles. The van der Waals surface area contributed by atoms with Crippen molar-refractivity contribution in [3.05, 3.63) is 35.4 Å². The summed E-state index contributed by atoms with van der Waals surface area (Å²) in [6, 6.07) is 7.68. The smallest absolute Gasteiger partial charge is 0.221 e. The van der Waals surface area contributed by atoms with Crippen LogP contribution < -0.4 is 5.73 Å². The molecule has 0 aliphatic carbocycles. The maximum absolute atomic E-state index is 11.9. The maximum Gasteiger partial charge on any atom is 0.221 e. The molecule has 0 saturated heterocycles. The Labute approximate surface area is 100 Å². The molecule has 1 aliphatic heterocycles. The van der Waals surface area contributed by atoms with E-state index in [9.17, 15) is 8.42 Å². The van der Waals surface area contributed by atoms with Gasteiger partial charge in [0.05, 0.1) is 4.99 Å². The number of thiocarbonyl (C=S) groups is 1. The molecule has 0 bridgehead atoms. The van der Waals surface area contributed by atoms with E-state index in [1.807, 2.05) is 24.3 Å². The molecule has 0 amide bonds. The van der Waals surface area contributed by atoms with Gasteiger partial charge >= 0.3 is 0 Å². The summed E-state index contributed by atoms with van der Waals surface area (Å²) in [5, 5.41) is 0. The second kappa shape index (κ2) is 4.12. The second-order valence-electron chi connectivity index (χ2n) is 3.76. The predicted octanol–water partition coefficient (Wildman–Crippen LogP) is 0.618. The van der Waals surface area contributed by atoms with Crippen molar-refractivity contribution in [2.45, 2.75) is 13.1 Å². The van der Waals surface area contributed by atoms with Gasteiger partial charge in [0.2, 0.25) is 10.0 Å². The molecule has 16 heavy (non-hydrogen) atoms. The average Bonchev–Trinajstić information content (AvgIpc) is 2.59. The van der Waals surface area contributed by atoms with Crippen molar-refractivity contribution >= 4 is 27.2 Å². The van der Waals surface area contributed by atoms with Gasteiger partial charge in [-0.2, -0.15) is 4.31 Å². The molecule has 0 saturated carbocycles. The number of nitrogens with zero attached hydrogens (tertiary/aromatic N) is 1. The van der Waals surface area contributed by atoms with Crippen molar-refractivity contribution in [1.82, 2.24) is 4.31 Å². The van der Waals surface area contributed by atoms with E-state index in [-0.39, 0.29) is 10.7 Å². The fourth-order valence-electron chi connectivity index (χ4n) is 1.77. The topological polar surface area (TPSA) is 63.4 Å². The van der Waals surface area contributed by atoms with Crippen LogP contribution in [0.5, 0.6) is 0 Å². The van der Waals surface area contributed by atoms with Gasteiger partial charge in [-0.3, -0.25) is 0 Å². The molecule has 1 aromatic carbocycles. The zero-order valence-corrected chi connectivity index (χ0v) is 10.2. The molecule has 0 unspecified atom stereocenters. The summed E-state index contributed by atoms with van der Waals surface area (Å²) >= 11 is 4.64. The standard InChI is InChI=1S/C10H12N2O2S2/c11-10(15)7-16(13,14)12-5-8-3-1-2-4-9(8)6-12/h1-4H,5-7H2,(H2,11,15). The van der Waals surface area contributed by atoms with Crippen LogP contribution in [0, 0.1) is 0 Å². The first-order valence-corrected chi connectivity index (χ1v) is 6.84. The van der Waals surface area contributed by atoms with E-state index in [1.54, 1.807) is 0 Å². The van der Waals surface area contributed by atoms with Gasteiger partial charge < -0.3 is 5.73 Å². The first-order chi connectivity index (χ1) is 7.49. The van der Waals surface area contributed by atoms with E-state index in [1.165, 1.54) is 4.31 Å². The number of hydrogen-bond acceptors (Lipinski definition) is 3. The van der Waals surface area contributed by atoms with E-state index in [4.69, 9.17) is 5.73 Å². The van der Waals surface area contributed by atoms with E-state index < -0.39 is 10.0 Å². The third-order valence-corrected chi connectivity index (χ3v) is 4.58.